The Kier molecular flexibility index (Phi) is 3.70. The quantitative estimate of drug-likeness (QED) is 0.592. The molecule has 0 aliphatic carbocycles. The van der Waals surface area contributed by atoms with Gasteiger partial charge in [-0.25, -0.2) is 4.68 Å². The highest BCUT2D eigenvalue weighted by Gasteiger charge is 2.16. The maximum absolute atomic E-state index is 12.6. The van der Waals surface area contributed by atoms with E-state index >= 15 is 0 Å². The number of aromatic nitrogens is 5. The summed E-state index contributed by atoms with van der Waals surface area (Å²) in [5, 5.41) is 15.5. The van der Waals surface area contributed by atoms with Crippen molar-refractivity contribution in [2.75, 3.05) is 5.32 Å². The minimum atomic E-state index is -0.311. The number of rotatable bonds is 3. The summed E-state index contributed by atoms with van der Waals surface area (Å²) < 4.78 is 1.56. The van der Waals surface area contributed by atoms with Crippen molar-refractivity contribution in [3.8, 4) is 11.4 Å². The van der Waals surface area contributed by atoms with E-state index in [1.807, 2.05) is 36.4 Å². The Morgan fingerprint density at radius 1 is 1.20 bits per heavy atom. The van der Waals surface area contributed by atoms with E-state index in [1.54, 1.807) is 23.9 Å². The maximum Gasteiger partial charge on any atom is 0.273 e. The standard InChI is InChI=1S/C17H13ClN6O/c1-24-16(21-22-23-24)10-5-4-6-11(9-10)19-17(25)15-14(18)12-7-2-3-8-13(12)20-15/h2-9,20H,1H3,(H,19,25). The summed E-state index contributed by atoms with van der Waals surface area (Å²) in [7, 11) is 1.75. The summed E-state index contributed by atoms with van der Waals surface area (Å²) in [6.45, 7) is 0. The monoisotopic (exact) mass is 352 g/mol. The number of anilines is 1. The van der Waals surface area contributed by atoms with Crippen LogP contribution in [0.2, 0.25) is 5.02 Å². The lowest BCUT2D eigenvalue weighted by molar-refractivity contribution is 0.102. The van der Waals surface area contributed by atoms with Gasteiger partial charge in [-0.3, -0.25) is 4.79 Å². The molecule has 124 valence electrons. The van der Waals surface area contributed by atoms with Crippen molar-refractivity contribution in [2.24, 2.45) is 7.05 Å². The molecular formula is C17H13ClN6O. The van der Waals surface area contributed by atoms with Crippen LogP contribution in [-0.2, 0) is 7.05 Å². The van der Waals surface area contributed by atoms with Crippen molar-refractivity contribution >= 4 is 34.1 Å². The van der Waals surface area contributed by atoms with Gasteiger partial charge in [-0.05, 0) is 28.6 Å². The number of amides is 1. The first-order chi connectivity index (χ1) is 12.1. The van der Waals surface area contributed by atoms with Gasteiger partial charge in [0.15, 0.2) is 5.82 Å². The third kappa shape index (κ3) is 2.74. The van der Waals surface area contributed by atoms with Gasteiger partial charge in [-0.15, -0.1) is 5.10 Å². The SMILES string of the molecule is Cn1nnnc1-c1cccc(NC(=O)c2[nH]c3ccccc3c2Cl)c1. The summed E-state index contributed by atoms with van der Waals surface area (Å²) in [5.41, 5.74) is 2.57. The van der Waals surface area contributed by atoms with Gasteiger partial charge < -0.3 is 10.3 Å². The number of fused-ring (bicyclic) bond motifs is 1. The Morgan fingerprint density at radius 2 is 2.04 bits per heavy atom. The first kappa shape index (κ1) is 15.3. The van der Waals surface area contributed by atoms with E-state index in [4.69, 9.17) is 11.6 Å². The van der Waals surface area contributed by atoms with Crippen LogP contribution < -0.4 is 5.32 Å². The molecular weight excluding hydrogens is 340 g/mol. The van der Waals surface area contributed by atoms with Gasteiger partial charge in [0.25, 0.3) is 5.91 Å². The third-order valence-electron chi connectivity index (χ3n) is 3.87. The molecule has 8 heteroatoms. The highest BCUT2D eigenvalue weighted by Crippen LogP contribution is 2.28. The molecule has 25 heavy (non-hydrogen) atoms. The first-order valence-corrected chi connectivity index (χ1v) is 7.91. The van der Waals surface area contributed by atoms with Crippen molar-refractivity contribution in [3.63, 3.8) is 0 Å². The number of carbonyl (C=O) groups excluding carboxylic acids is 1. The van der Waals surface area contributed by atoms with Crippen molar-refractivity contribution < 1.29 is 4.79 Å². The number of halogens is 1. The lowest BCUT2D eigenvalue weighted by Crippen LogP contribution is -2.12. The van der Waals surface area contributed by atoms with E-state index in [0.717, 1.165) is 16.5 Å². The number of tetrazole rings is 1. The first-order valence-electron chi connectivity index (χ1n) is 7.54. The number of aromatic amines is 1. The Labute approximate surface area is 147 Å². The molecule has 1 amide bonds. The highest BCUT2D eigenvalue weighted by atomic mass is 35.5. The smallest absolute Gasteiger partial charge is 0.273 e. The molecule has 0 aliphatic rings. The van der Waals surface area contributed by atoms with E-state index in [0.29, 0.717) is 22.2 Å². The second-order valence-electron chi connectivity index (χ2n) is 5.52. The molecule has 0 saturated carbocycles. The predicted octanol–water partition coefficient (Wildman–Crippen LogP) is 3.26. The molecule has 2 aromatic heterocycles. The lowest BCUT2D eigenvalue weighted by Gasteiger charge is -2.06. The van der Waals surface area contributed by atoms with Gasteiger partial charge in [0.05, 0.1) is 5.02 Å². The molecule has 7 nitrogen and oxygen atoms in total. The molecule has 2 heterocycles. The third-order valence-corrected chi connectivity index (χ3v) is 4.26. The normalized spacial score (nSPS) is 11.0. The van der Waals surface area contributed by atoms with Crippen LogP contribution in [-0.4, -0.2) is 31.1 Å². The number of H-pyrrole nitrogens is 1. The molecule has 2 aromatic carbocycles. The lowest BCUT2D eigenvalue weighted by atomic mass is 10.2. The van der Waals surface area contributed by atoms with Gasteiger partial charge >= 0.3 is 0 Å². The average molecular weight is 353 g/mol. The summed E-state index contributed by atoms with van der Waals surface area (Å²) in [5.74, 6) is 0.300. The Bertz CT molecular complexity index is 1080. The van der Waals surface area contributed by atoms with Crippen molar-refractivity contribution in [3.05, 3.63) is 59.2 Å². The van der Waals surface area contributed by atoms with Crippen LogP contribution in [0.1, 0.15) is 10.5 Å². The minimum Gasteiger partial charge on any atom is -0.349 e. The maximum atomic E-state index is 12.6. The number of aryl methyl sites for hydroxylation is 1. The molecule has 0 unspecified atom stereocenters. The number of nitrogens with one attached hydrogen (secondary N) is 2. The van der Waals surface area contributed by atoms with E-state index < -0.39 is 0 Å². The Hall–Kier alpha value is -3.19. The summed E-state index contributed by atoms with van der Waals surface area (Å²) in [6.07, 6.45) is 0. The van der Waals surface area contributed by atoms with Crippen molar-refractivity contribution in [1.82, 2.24) is 25.2 Å². The largest absolute Gasteiger partial charge is 0.349 e. The topological polar surface area (TPSA) is 88.5 Å². The van der Waals surface area contributed by atoms with Gasteiger partial charge in [0.2, 0.25) is 0 Å². The fourth-order valence-corrected chi connectivity index (χ4v) is 2.97. The number of benzene rings is 2. The summed E-state index contributed by atoms with van der Waals surface area (Å²) in [6, 6.07) is 14.8. The predicted molar refractivity (Wildman–Crippen MR) is 95.5 cm³/mol. The van der Waals surface area contributed by atoms with Gasteiger partial charge in [-0.1, -0.05) is 41.9 Å². The number of para-hydroxylation sites is 1. The zero-order valence-corrected chi connectivity index (χ0v) is 13.9. The molecule has 0 radical (unpaired) electrons. The fourth-order valence-electron chi connectivity index (χ4n) is 2.67. The van der Waals surface area contributed by atoms with Gasteiger partial charge in [0.1, 0.15) is 5.69 Å². The van der Waals surface area contributed by atoms with Crippen molar-refractivity contribution in [1.29, 1.82) is 0 Å². The number of hydrogen-bond donors (Lipinski definition) is 2. The van der Waals surface area contributed by atoms with E-state index in [-0.39, 0.29) is 5.91 Å². The van der Waals surface area contributed by atoms with Crippen LogP contribution in [0.15, 0.2) is 48.5 Å². The van der Waals surface area contributed by atoms with Crippen LogP contribution in [0.25, 0.3) is 22.3 Å². The molecule has 0 bridgehead atoms. The Balaban J connectivity index is 1.64. The van der Waals surface area contributed by atoms with Crippen LogP contribution in [0.5, 0.6) is 0 Å². The van der Waals surface area contributed by atoms with Crippen LogP contribution >= 0.6 is 11.6 Å². The zero-order chi connectivity index (χ0) is 17.4. The second-order valence-corrected chi connectivity index (χ2v) is 5.90. The average Bonchev–Trinajstić information content (AvgIpc) is 3.19. The molecule has 4 aromatic rings. The molecule has 0 saturated heterocycles. The molecule has 0 aliphatic heterocycles. The molecule has 4 rings (SSSR count). The van der Waals surface area contributed by atoms with E-state index in [9.17, 15) is 4.79 Å². The summed E-state index contributed by atoms with van der Waals surface area (Å²) >= 11 is 6.33. The minimum absolute atomic E-state index is 0.311. The molecule has 0 atom stereocenters. The number of carbonyl (C=O) groups is 1. The Morgan fingerprint density at radius 3 is 2.80 bits per heavy atom. The van der Waals surface area contributed by atoms with Crippen molar-refractivity contribution in [2.45, 2.75) is 0 Å². The van der Waals surface area contributed by atoms with E-state index in [2.05, 4.69) is 25.8 Å². The molecule has 0 fully saturated rings. The van der Waals surface area contributed by atoms with Gasteiger partial charge in [-0.2, -0.15) is 0 Å². The van der Waals surface area contributed by atoms with Gasteiger partial charge in [0, 0.05) is 29.2 Å². The molecule has 0 spiro atoms. The van der Waals surface area contributed by atoms with Crippen LogP contribution in [0.4, 0.5) is 5.69 Å². The second kappa shape index (κ2) is 6.03. The zero-order valence-electron chi connectivity index (χ0n) is 13.2. The highest BCUT2D eigenvalue weighted by molar-refractivity contribution is 6.39. The van der Waals surface area contributed by atoms with Crippen LogP contribution in [0.3, 0.4) is 0 Å². The molecule has 2 N–H and O–H groups in total. The van der Waals surface area contributed by atoms with E-state index in [1.165, 1.54) is 0 Å². The fraction of sp³-hybridized carbons (Fsp3) is 0.0588. The van der Waals surface area contributed by atoms with Crippen LogP contribution in [0, 0.1) is 0 Å². The summed E-state index contributed by atoms with van der Waals surface area (Å²) in [4.78, 5) is 15.7. The number of hydrogen-bond acceptors (Lipinski definition) is 4. The number of nitrogens with zero attached hydrogens (tertiary/aromatic N) is 4.